The molecule has 20 heavy (non-hydrogen) atoms. The highest BCUT2D eigenvalue weighted by molar-refractivity contribution is 6.35. The van der Waals surface area contributed by atoms with Gasteiger partial charge in [0.15, 0.2) is 5.82 Å². The molecule has 1 N–H and O–H groups in total. The van der Waals surface area contributed by atoms with Crippen molar-refractivity contribution in [1.29, 1.82) is 0 Å². The third-order valence-corrected chi connectivity index (χ3v) is 3.43. The highest BCUT2D eigenvalue weighted by Gasteiger charge is 2.12. The van der Waals surface area contributed by atoms with Gasteiger partial charge >= 0.3 is 0 Å². The molecule has 0 bridgehead atoms. The Kier molecular flexibility index (Phi) is 4.84. The highest BCUT2D eigenvalue weighted by Crippen LogP contribution is 2.30. The van der Waals surface area contributed by atoms with E-state index in [4.69, 9.17) is 23.2 Å². The molecular weight excluding hydrogens is 293 g/mol. The Balaban J connectivity index is 2.57. The molecule has 1 aromatic carbocycles. The second kappa shape index (κ2) is 6.42. The minimum Gasteiger partial charge on any atom is -0.370 e. The van der Waals surface area contributed by atoms with Crippen LogP contribution in [0.1, 0.15) is 32.4 Å². The number of anilines is 1. The minimum atomic E-state index is 0.312. The molecule has 2 rings (SSSR count). The predicted molar refractivity (Wildman–Crippen MR) is 85.7 cm³/mol. The zero-order chi connectivity index (χ0) is 14.7. The van der Waals surface area contributed by atoms with Gasteiger partial charge in [0.1, 0.15) is 5.82 Å². The molecule has 0 saturated heterocycles. The van der Waals surface area contributed by atoms with Crippen molar-refractivity contribution >= 4 is 29.0 Å². The monoisotopic (exact) mass is 309 g/mol. The van der Waals surface area contributed by atoms with Crippen molar-refractivity contribution in [1.82, 2.24) is 9.97 Å². The van der Waals surface area contributed by atoms with Gasteiger partial charge in [0.2, 0.25) is 0 Å². The average molecular weight is 310 g/mol. The fourth-order valence-electron chi connectivity index (χ4n) is 1.82. The van der Waals surface area contributed by atoms with Gasteiger partial charge in [-0.05, 0) is 31.0 Å². The van der Waals surface area contributed by atoms with Crippen LogP contribution < -0.4 is 5.32 Å². The van der Waals surface area contributed by atoms with Gasteiger partial charge in [0, 0.05) is 28.9 Å². The lowest BCUT2D eigenvalue weighted by Gasteiger charge is -2.12. The van der Waals surface area contributed by atoms with Crippen molar-refractivity contribution in [2.45, 2.75) is 26.7 Å². The molecule has 3 nitrogen and oxygen atoms in total. The number of benzene rings is 1. The van der Waals surface area contributed by atoms with Crippen LogP contribution in [0, 0.1) is 0 Å². The Labute approximate surface area is 129 Å². The molecule has 106 valence electrons. The van der Waals surface area contributed by atoms with Gasteiger partial charge < -0.3 is 5.32 Å². The number of hydrogen-bond acceptors (Lipinski definition) is 3. The second-order valence-corrected chi connectivity index (χ2v) is 5.65. The lowest BCUT2D eigenvalue weighted by Crippen LogP contribution is -2.05. The van der Waals surface area contributed by atoms with Crippen LogP contribution in [-0.4, -0.2) is 16.5 Å². The van der Waals surface area contributed by atoms with E-state index in [1.807, 2.05) is 13.0 Å². The van der Waals surface area contributed by atoms with Crippen LogP contribution in [0.3, 0.4) is 0 Å². The fourth-order valence-corrected chi connectivity index (χ4v) is 2.20. The summed E-state index contributed by atoms with van der Waals surface area (Å²) in [5.74, 6) is 1.71. The summed E-state index contributed by atoms with van der Waals surface area (Å²) in [7, 11) is 0. The van der Waals surface area contributed by atoms with E-state index in [1.54, 1.807) is 18.2 Å². The van der Waals surface area contributed by atoms with Crippen LogP contribution in [0.15, 0.2) is 24.3 Å². The number of nitrogens with one attached hydrogen (secondary N) is 1. The van der Waals surface area contributed by atoms with E-state index in [0.717, 1.165) is 23.6 Å². The smallest absolute Gasteiger partial charge is 0.163 e. The number of halogens is 2. The number of hydrogen-bond donors (Lipinski definition) is 1. The molecule has 0 saturated carbocycles. The van der Waals surface area contributed by atoms with E-state index in [-0.39, 0.29) is 0 Å². The Morgan fingerprint density at radius 1 is 1.15 bits per heavy atom. The van der Waals surface area contributed by atoms with E-state index in [9.17, 15) is 0 Å². The summed E-state index contributed by atoms with van der Waals surface area (Å²) in [6.07, 6.45) is 0. The van der Waals surface area contributed by atoms with Crippen LogP contribution in [0.4, 0.5) is 5.82 Å². The molecule has 0 unspecified atom stereocenters. The quantitative estimate of drug-likeness (QED) is 0.863. The average Bonchev–Trinajstić information content (AvgIpc) is 2.41. The first-order valence-electron chi connectivity index (χ1n) is 6.59. The van der Waals surface area contributed by atoms with Crippen molar-refractivity contribution in [2.24, 2.45) is 0 Å². The second-order valence-electron chi connectivity index (χ2n) is 4.81. The number of nitrogens with zero attached hydrogens (tertiary/aromatic N) is 2. The van der Waals surface area contributed by atoms with Crippen molar-refractivity contribution in [3.05, 3.63) is 40.0 Å². The maximum Gasteiger partial charge on any atom is 0.163 e. The largest absolute Gasteiger partial charge is 0.370 e. The van der Waals surface area contributed by atoms with Gasteiger partial charge in [0.25, 0.3) is 0 Å². The highest BCUT2D eigenvalue weighted by atomic mass is 35.5. The van der Waals surface area contributed by atoms with Crippen LogP contribution in [0.2, 0.25) is 10.0 Å². The molecule has 0 radical (unpaired) electrons. The number of rotatable bonds is 4. The Hall–Kier alpha value is -1.32. The van der Waals surface area contributed by atoms with Gasteiger partial charge in [-0.1, -0.05) is 37.0 Å². The van der Waals surface area contributed by atoms with Crippen molar-refractivity contribution < 1.29 is 0 Å². The SMILES string of the molecule is CCNc1cc(C(C)C)nc(-c2cc(Cl)ccc2Cl)n1. The van der Waals surface area contributed by atoms with Gasteiger partial charge in [0.05, 0.1) is 5.02 Å². The van der Waals surface area contributed by atoms with Crippen LogP contribution in [0.25, 0.3) is 11.4 Å². The molecule has 0 atom stereocenters. The Morgan fingerprint density at radius 2 is 1.90 bits per heavy atom. The molecule has 0 aliphatic rings. The molecule has 1 heterocycles. The van der Waals surface area contributed by atoms with E-state index >= 15 is 0 Å². The molecule has 0 amide bonds. The predicted octanol–water partition coefficient (Wildman–Crippen LogP) is 5.01. The van der Waals surface area contributed by atoms with Crippen molar-refractivity contribution in [3.63, 3.8) is 0 Å². The summed E-state index contributed by atoms with van der Waals surface area (Å²) < 4.78 is 0. The molecular formula is C15H17Cl2N3. The first kappa shape index (κ1) is 15.1. The zero-order valence-electron chi connectivity index (χ0n) is 11.7. The van der Waals surface area contributed by atoms with Gasteiger partial charge in [-0.25, -0.2) is 9.97 Å². The lowest BCUT2D eigenvalue weighted by molar-refractivity contribution is 0.817. The van der Waals surface area contributed by atoms with Gasteiger partial charge in [-0.3, -0.25) is 0 Å². The summed E-state index contributed by atoms with van der Waals surface area (Å²) in [5.41, 5.74) is 1.72. The summed E-state index contributed by atoms with van der Waals surface area (Å²) in [4.78, 5) is 9.11. The maximum absolute atomic E-state index is 6.23. The molecule has 0 fully saturated rings. The lowest BCUT2D eigenvalue weighted by atomic mass is 10.1. The van der Waals surface area contributed by atoms with E-state index < -0.39 is 0 Å². The standard InChI is InChI=1S/C15H17Cl2N3/c1-4-18-14-8-13(9(2)3)19-15(20-14)11-7-10(16)5-6-12(11)17/h5-9H,4H2,1-3H3,(H,18,19,20). The minimum absolute atomic E-state index is 0.312. The first-order chi connectivity index (χ1) is 9.51. The van der Waals surface area contributed by atoms with Crippen LogP contribution in [0.5, 0.6) is 0 Å². The maximum atomic E-state index is 6.23. The molecule has 5 heteroatoms. The topological polar surface area (TPSA) is 37.8 Å². The summed E-state index contributed by atoms with van der Waals surface area (Å²) >= 11 is 12.3. The molecule has 0 aliphatic carbocycles. The van der Waals surface area contributed by atoms with Crippen molar-refractivity contribution in [3.8, 4) is 11.4 Å². The molecule has 1 aromatic heterocycles. The third-order valence-electron chi connectivity index (χ3n) is 2.86. The van der Waals surface area contributed by atoms with E-state index in [0.29, 0.717) is 21.8 Å². The molecule has 0 spiro atoms. The van der Waals surface area contributed by atoms with Gasteiger partial charge in [-0.2, -0.15) is 0 Å². The normalized spacial score (nSPS) is 10.9. The molecule has 0 aliphatic heterocycles. The fraction of sp³-hybridized carbons (Fsp3) is 0.333. The molecule has 2 aromatic rings. The Bertz CT molecular complexity index is 612. The summed E-state index contributed by atoms with van der Waals surface area (Å²) in [6, 6.07) is 7.28. The van der Waals surface area contributed by atoms with Crippen LogP contribution >= 0.6 is 23.2 Å². The van der Waals surface area contributed by atoms with Crippen molar-refractivity contribution in [2.75, 3.05) is 11.9 Å². The van der Waals surface area contributed by atoms with Crippen LogP contribution in [-0.2, 0) is 0 Å². The summed E-state index contributed by atoms with van der Waals surface area (Å²) in [5, 5.41) is 4.43. The van der Waals surface area contributed by atoms with Gasteiger partial charge in [-0.15, -0.1) is 0 Å². The summed E-state index contributed by atoms with van der Waals surface area (Å²) in [6.45, 7) is 7.03. The Morgan fingerprint density at radius 3 is 2.55 bits per heavy atom. The first-order valence-corrected chi connectivity index (χ1v) is 7.35. The third kappa shape index (κ3) is 3.41. The van der Waals surface area contributed by atoms with E-state index in [2.05, 4.69) is 29.1 Å². The number of aromatic nitrogens is 2. The van der Waals surface area contributed by atoms with E-state index in [1.165, 1.54) is 0 Å². The zero-order valence-corrected chi connectivity index (χ0v) is 13.3.